The van der Waals surface area contributed by atoms with Crippen LogP contribution in [0, 0.1) is 6.92 Å². The molecule has 154 valence electrons. The molecule has 3 aromatic rings. The Morgan fingerprint density at radius 2 is 1.83 bits per heavy atom. The third-order valence-electron chi connectivity index (χ3n) is 5.82. The van der Waals surface area contributed by atoms with Gasteiger partial charge in [0.25, 0.3) is 0 Å². The number of hydrogen-bond donors (Lipinski definition) is 2. The van der Waals surface area contributed by atoms with Crippen molar-refractivity contribution >= 4 is 11.4 Å². The van der Waals surface area contributed by atoms with Crippen LogP contribution in [-0.2, 0) is 13.1 Å². The van der Waals surface area contributed by atoms with Crippen molar-refractivity contribution in [2.45, 2.75) is 39.8 Å². The van der Waals surface area contributed by atoms with Gasteiger partial charge in [-0.2, -0.15) is 0 Å². The van der Waals surface area contributed by atoms with Gasteiger partial charge < -0.3 is 14.9 Å². The maximum absolute atomic E-state index is 4.97. The first-order valence-electron chi connectivity index (χ1n) is 10.4. The Labute approximate surface area is 177 Å². The SMILES string of the molecule is Cc1nc(-c2cccnc2C(C)C)c2n1CCN(c1ccc(N3C=CNN3)cc1)C2. The minimum absolute atomic E-state index is 0.355. The van der Waals surface area contributed by atoms with E-state index < -0.39 is 0 Å². The van der Waals surface area contributed by atoms with Crippen molar-refractivity contribution in [1.29, 1.82) is 0 Å². The summed E-state index contributed by atoms with van der Waals surface area (Å²) in [7, 11) is 0. The summed E-state index contributed by atoms with van der Waals surface area (Å²) in [4.78, 5) is 12.1. The number of fused-ring (bicyclic) bond motifs is 1. The molecular weight excluding hydrogens is 374 g/mol. The number of benzene rings is 1. The summed E-state index contributed by atoms with van der Waals surface area (Å²) in [6, 6.07) is 12.8. The lowest BCUT2D eigenvalue weighted by Gasteiger charge is -2.31. The Morgan fingerprint density at radius 3 is 2.57 bits per heavy atom. The number of rotatable bonds is 4. The van der Waals surface area contributed by atoms with Gasteiger partial charge in [0.15, 0.2) is 0 Å². The zero-order valence-electron chi connectivity index (χ0n) is 17.6. The molecule has 0 aliphatic carbocycles. The molecule has 0 unspecified atom stereocenters. The van der Waals surface area contributed by atoms with Crippen LogP contribution in [0.3, 0.4) is 0 Å². The van der Waals surface area contributed by atoms with Crippen molar-refractivity contribution in [1.82, 2.24) is 25.5 Å². The van der Waals surface area contributed by atoms with Crippen LogP contribution in [0.25, 0.3) is 11.3 Å². The number of anilines is 2. The fourth-order valence-electron chi connectivity index (χ4n) is 4.29. The molecule has 0 atom stereocenters. The molecule has 0 fully saturated rings. The fraction of sp³-hybridized carbons (Fsp3) is 0.304. The zero-order chi connectivity index (χ0) is 20.7. The molecule has 0 amide bonds. The van der Waals surface area contributed by atoms with E-state index in [0.29, 0.717) is 5.92 Å². The summed E-state index contributed by atoms with van der Waals surface area (Å²) >= 11 is 0. The number of hydrogen-bond acceptors (Lipinski definition) is 6. The van der Waals surface area contributed by atoms with Crippen molar-refractivity contribution in [3.8, 4) is 11.3 Å². The van der Waals surface area contributed by atoms with E-state index in [2.05, 4.69) is 76.5 Å². The quantitative estimate of drug-likeness (QED) is 0.695. The number of aromatic nitrogens is 3. The Morgan fingerprint density at radius 1 is 1.03 bits per heavy atom. The fourth-order valence-corrected chi connectivity index (χ4v) is 4.29. The second kappa shape index (κ2) is 7.50. The van der Waals surface area contributed by atoms with Crippen LogP contribution < -0.4 is 20.9 Å². The van der Waals surface area contributed by atoms with E-state index in [4.69, 9.17) is 4.98 Å². The lowest BCUT2D eigenvalue weighted by molar-refractivity contribution is 0.560. The molecule has 0 saturated heterocycles. The second-order valence-corrected chi connectivity index (χ2v) is 8.08. The number of imidazole rings is 1. The topological polar surface area (TPSA) is 61.3 Å². The van der Waals surface area contributed by atoms with Gasteiger partial charge in [-0.15, -0.1) is 5.53 Å². The minimum atomic E-state index is 0.355. The first-order valence-corrected chi connectivity index (χ1v) is 10.4. The molecule has 0 radical (unpaired) electrons. The molecule has 2 aliphatic rings. The number of hydrazine groups is 2. The van der Waals surface area contributed by atoms with E-state index in [1.165, 1.54) is 11.4 Å². The second-order valence-electron chi connectivity index (χ2n) is 8.08. The predicted octanol–water partition coefficient (Wildman–Crippen LogP) is 3.70. The van der Waals surface area contributed by atoms with E-state index in [0.717, 1.165) is 48.1 Å². The first kappa shape index (κ1) is 18.7. The highest BCUT2D eigenvalue weighted by atomic mass is 15.7. The summed E-state index contributed by atoms with van der Waals surface area (Å²) in [5.74, 6) is 1.43. The Bertz CT molecular complexity index is 1080. The van der Waals surface area contributed by atoms with Crippen molar-refractivity contribution in [2.24, 2.45) is 0 Å². The van der Waals surface area contributed by atoms with Crippen LogP contribution in [0.5, 0.6) is 0 Å². The largest absolute Gasteiger partial charge is 0.364 e. The molecule has 0 spiro atoms. The summed E-state index contributed by atoms with van der Waals surface area (Å²) in [6.45, 7) is 9.23. The lowest BCUT2D eigenvalue weighted by atomic mass is 10.00. The minimum Gasteiger partial charge on any atom is -0.364 e. The summed E-state index contributed by atoms with van der Waals surface area (Å²) in [6.07, 6.45) is 5.71. The third kappa shape index (κ3) is 3.21. The van der Waals surface area contributed by atoms with Crippen LogP contribution in [-0.4, -0.2) is 21.1 Å². The Hall–Kier alpha value is -3.32. The number of pyridine rings is 1. The number of nitrogens with one attached hydrogen (secondary N) is 2. The molecular formula is C23H27N7. The van der Waals surface area contributed by atoms with E-state index in [1.807, 2.05) is 29.7 Å². The van der Waals surface area contributed by atoms with E-state index in [1.54, 1.807) is 0 Å². The molecule has 7 heteroatoms. The highest BCUT2D eigenvalue weighted by Crippen LogP contribution is 2.33. The molecule has 5 rings (SSSR count). The van der Waals surface area contributed by atoms with Crippen molar-refractivity contribution < 1.29 is 0 Å². The first-order chi connectivity index (χ1) is 14.6. The van der Waals surface area contributed by atoms with Gasteiger partial charge in [-0.25, -0.2) is 4.98 Å². The standard InChI is InChI=1S/C23H27N7/c1-16(2)22-20(5-4-10-24-22)23-21-15-28(13-14-29(21)17(3)26-23)18-6-8-19(9-7-18)30-12-11-25-27-30/h4-12,16,25,27H,13-15H2,1-3H3. The normalized spacial score (nSPS) is 15.6. The van der Waals surface area contributed by atoms with Crippen molar-refractivity contribution in [2.75, 3.05) is 16.5 Å². The average molecular weight is 402 g/mol. The van der Waals surface area contributed by atoms with Gasteiger partial charge in [0.2, 0.25) is 0 Å². The smallest absolute Gasteiger partial charge is 0.106 e. The maximum Gasteiger partial charge on any atom is 0.106 e. The summed E-state index contributed by atoms with van der Waals surface area (Å²) in [5.41, 5.74) is 13.0. The van der Waals surface area contributed by atoms with Gasteiger partial charge in [-0.1, -0.05) is 13.8 Å². The Kier molecular flexibility index (Phi) is 4.67. The highest BCUT2D eigenvalue weighted by Gasteiger charge is 2.25. The zero-order valence-corrected chi connectivity index (χ0v) is 17.6. The van der Waals surface area contributed by atoms with Crippen LogP contribution in [0.1, 0.15) is 37.0 Å². The maximum atomic E-state index is 4.97. The average Bonchev–Trinajstić information content (AvgIpc) is 3.42. The molecule has 7 nitrogen and oxygen atoms in total. The summed E-state index contributed by atoms with van der Waals surface area (Å²) in [5, 5.41) is 1.95. The molecule has 4 heterocycles. The number of nitrogens with zero attached hydrogens (tertiary/aromatic N) is 5. The molecule has 0 saturated carbocycles. The molecule has 2 aromatic heterocycles. The molecule has 2 aliphatic heterocycles. The van der Waals surface area contributed by atoms with E-state index >= 15 is 0 Å². The van der Waals surface area contributed by atoms with Gasteiger partial charge in [0.1, 0.15) is 5.82 Å². The van der Waals surface area contributed by atoms with Crippen molar-refractivity contribution in [3.63, 3.8) is 0 Å². The lowest BCUT2D eigenvalue weighted by Crippen LogP contribution is -2.35. The predicted molar refractivity (Wildman–Crippen MR) is 120 cm³/mol. The van der Waals surface area contributed by atoms with E-state index in [-0.39, 0.29) is 0 Å². The van der Waals surface area contributed by atoms with Crippen LogP contribution >= 0.6 is 0 Å². The summed E-state index contributed by atoms with van der Waals surface area (Å²) < 4.78 is 2.36. The van der Waals surface area contributed by atoms with Crippen LogP contribution in [0.4, 0.5) is 11.4 Å². The Balaban J connectivity index is 1.46. The van der Waals surface area contributed by atoms with Gasteiger partial charge in [-0.05, 0) is 49.2 Å². The number of aryl methyl sites for hydroxylation is 1. The monoisotopic (exact) mass is 401 g/mol. The van der Waals surface area contributed by atoms with E-state index in [9.17, 15) is 0 Å². The molecule has 30 heavy (non-hydrogen) atoms. The van der Waals surface area contributed by atoms with Crippen molar-refractivity contribution in [3.05, 3.63) is 72.2 Å². The van der Waals surface area contributed by atoms with Crippen LogP contribution in [0.15, 0.2) is 55.0 Å². The van der Waals surface area contributed by atoms with Gasteiger partial charge in [-0.3, -0.25) is 9.99 Å². The van der Waals surface area contributed by atoms with Crippen LogP contribution in [0.2, 0.25) is 0 Å². The van der Waals surface area contributed by atoms with Gasteiger partial charge in [0.05, 0.1) is 29.3 Å². The third-order valence-corrected chi connectivity index (χ3v) is 5.82. The van der Waals surface area contributed by atoms with Gasteiger partial charge in [0, 0.05) is 42.9 Å². The highest BCUT2D eigenvalue weighted by molar-refractivity contribution is 5.67. The molecule has 1 aromatic carbocycles. The molecule has 0 bridgehead atoms. The van der Waals surface area contributed by atoms with Gasteiger partial charge >= 0.3 is 0 Å². The molecule has 2 N–H and O–H groups in total.